The van der Waals surface area contributed by atoms with Crippen LogP contribution in [0, 0.1) is 0 Å². The number of halogens is 1. The monoisotopic (exact) mass is 551 g/mol. The Bertz CT molecular complexity index is 1550. The predicted molar refractivity (Wildman–Crippen MR) is 161 cm³/mol. The van der Waals surface area contributed by atoms with Crippen molar-refractivity contribution < 1.29 is 14.7 Å². The lowest BCUT2D eigenvalue weighted by Gasteiger charge is -2.17. The number of carboxylic acid groups (broad SMARTS) is 1. The number of benzene rings is 4. The highest BCUT2D eigenvalue weighted by Gasteiger charge is 2.28. The standard InChI is InChI=1S/C33H30ClN3O3/c1-21(35-20-23-5-3-2-4-6-23)24-12-15-27(16-13-24)36-32(25-10-7-22(8-11-25)9-18-30(38)39)31-28-17-14-26(34)19-29(28)37-33(31)40/h2-8,10-17,19,21,35-36H,9,18,20H2,1H3,(H,37,40)(H,38,39). The largest absolute Gasteiger partial charge is 0.481 e. The van der Waals surface area contributed by atoms with Crippen molar-refractivity contribution in [1.82, 2.24) is 5.32 Å². The summed E-state index contributed by atoms with van der Waals surface area (Å²) < 4.78 is 0. The number of hydrogen-bond acceptors (Lipinski definition) is 4. The molecule has 1 unspecified atom stereocenters. The van der Waals surface area contributed by atoms with Crippen LogP contribution >= 0.6 is 11.6 Å². The van der Waals surface area contributed by atoms with E-state index in [-0.39, 0.29) is 18.4 Å². The average molecular weight is 552 g/mol. The average Bonchev–Trinajstić information content (AvgIpc) is 3.29. The second kappa shape index (κ2) is 12.2. The topological polar surface area (TPSA) is 90.5 Å². The number of nitrogens with one attached hydrogen (secondary N) is 3. The SMILES string of the molecule is CC(NCc1ccccc1)c1ccc(NC(=C2C(=O)Nc3cc(Cl)ccc32)c2ccc(CCC(=O)O)cc2)cc1. The van der Waals surface area contributed by atoms with E-state index in [1.807, 2.05) is 60.7 Å². The molecule has 5 rings (SSSR count). The van der Waals surface area contributed by atoms with Gasteiger partial charge in [0.2, 0.25) is 0 Å². The quantitative estimate of drug-likeness (QED) is 0.157. The molecule has 0 aliphatic carbocycles. The molecule has 0 saturated heterocycles. The van der Waals surface area contributed by atoms with Crippen molar-refractivity contribution in [3.63, 3.8) is 0 Å². The summed E-state index contributed by atoms with van der Waals surface area (Å²) in [5.74, 6) is -1.05. The van der Waals surface area contributed by atoms with Crippen molar-refractivity contribution >= 4 is 46.1 Å². The van der Waals surface area contributed by atoms with Gasteiger partial charge in [0.05, 0.1) is 17.0 Å². The minimum absolute atomic E-state index is 0.0626. The molecule has 40 heavy (non-hydrogen) atoms. The minimum atomic E-state index is -0.834. The van der Waals surface area contributed by atoms with Crippen molar-refractivity contribution in [3.8, 4) is 0 Å². The van der Waals surface area contributed by atoms with E-state index in [0.717, 1.165) is 34.5 Å². The number of amides is 1. The number of hydrogen-bond donors (Lipinski definition) is 4. The van der Waals surface area contributed by atoms with Crippen molar-refractivity contribution in [3.05, 3.63) is 130 Å². The highest BCUT2D eigenvalue weighted by Crippen LogP contribution is 2.39. The third-order valence-electron chi connectivity index (χ3n) is 6.98. The highest BCUT2D eigenvalue weighted by atomic mass is 35.5. The Morgan fingerprint density at radius 3 is 2.35 bits per heavy atom. The first-order chi connectivity index (χ1) is 19.4. The molecule has 0 fully saturated rings. The Balaban J connectivity index is 1.42. The van der Waals surface area contributed by atoms with Crippen LogP contribution in [0.2, 0.25) is 5.02 Å². The number of aliphatic carboxylic acids is 1. The van der Waals surface area contributed by atoms with Crippen LogP contribution in [0.1, 0.15) is 47.2 Å². The van der Waals surface area contributed by atoms with Gasteiger partial charge in [-0.25, -0.2) is 0 Å². The third kappa shape index (κ3) is 6.42. The lowest BCUT2D eigenvalue weighted by Crippen LogP contribution is -2.18. The molecule has 0 radical (unpaired) electrons. The maximum Gasteiger partial charge on any atom is 0.303 e. The molecule has 1 heterocycles. The summed E-state index contributed by atoms with van der Waals surface area (Å²) in [7, 11) is 0. The maximum absolute atomic E-state index is 13.2. The zero-order chi connectivity index (χ0) is 28.1. The van der Waals surface area contributed by atoms with Gasteiger partial charge < -0.3 is 21.1 Å². The molecule has 4 aromatic rings. The van der Waals surface area contributed by atoms with Crippen molar-refractivity contribution in [2.45, 2.75) is 32.4 Å². The number of fused-ring (bicyclic) bond motifs is 1. The van der Waals surface area contributed by atoms with Gasteiger partial charge in [-0.3, -0.25) is 9.59 Å². The van der Waals surface area contributed by atoms with Crippen LogP contribution in [0.5, 0.6) is 0 Å². The first-order valence-corrected chi connectivity index (χ1v) is 13.6. The van der Waals surface area contributed by atoms with Gasteiger partial charge in [-0.15, -0.1) is 0 Å². The van der Waals surface area contributed by atoms with E-state index in [1.165, 1.54) is 5.56 Å². The van der Waals surface area contributed by atoms with Gasteiger partial charge in [0.15, 0.2) is 0 Å². The third-order valence-corrected chi connectivity index (χ3v) is 7.22. The minimum Gasteiger partial charge on any atom is -0.481 e. The number of anilines is 2. The van der Waals surface area contributed by atoms with E-state index in [4.69, 9.17) is 16.7 Å². The lowest BCUT2D eigenvalue weighted by molar-refractivity contribution is -0.137. The van der Waals surface area contributed by atoms with E-state index in [0.29, 0.717) is 28.4 Å². The zero-order valence-corrected chi connectivity index (χ0v) is 22.8. The Kier molecular flexibility index (Phi) is 8.29. The fourth-order valence-electron chi connectivity index (χ4n) is 4.75. The summed E-state index contributed by atoms with van der Waals surface area (Å²) >= 11 is 6.18. The van der Waals surface area contributed by atoms with Crippen LogP contribution in [0.15, 0.2) is 97.1 Å². The van der Waals surface area contributed by atoms with E-state index in [2.05, 4.69) is 47.1 Å². The van der Waals surface area contributed by atoms with Crippen LogP contribution in [0.3, 0.4) is 0 Å². The van der Waals surface area contributed by atoms with E-state index >= 15 is 0 Å². The van der Waals surface area contributed by atoms with Gasteiger partial charge in [-0.05, 0) is 59.9 Å². The Hall–Kier alpha value is -4.39. The van der Waals surface area contributed by atoms with Gasteiger partial charge in [0, 0.05) is 35.3 Å². The molecule has 4 N–H and O–H groups in total. The number of carbonyl (C=O) groups excluding carboxylic acids is 1. The normalized spacial score (nSPS) is 14.3. The number of rotatable bonds is 10. The van der Waals surface area contributed by atoms with Crippen molar-refractivity contribution in [2.24, 2.45) is 0 Å². The van der Waals surface area contributed by atoms with Gasteiger partial charge in [-0.1, -0.05) is 84.4 Å². The number of aryl methyl sites for hydroxylation is 1. The molecule has 1 amide bonds. The molecule has 7 heteroatoms. The second-order valence-corrected chi connectivity index (χ2v) is 10.3. The van der Waals surface area contributed by atoms with Crippen molar-refractivity contribution in [2.75, 3.05) is 10.6 Å². The fraction of sp³-hybridized carbons (Fsp3) is 0.152. The molecule has 0 bridgehead atoms. The summed E-state index contributed by atoms with van der Waals surface area (Å²) in [5.41, 5.74) is 7.56. The maximum atomic E-state index is 13.2. The smallest absolute Gasteiger partial charge is 0.303 e. The van der Waals surface area contributed by atoms with Crippen LogP contribution in [-0.2, 0) is 22.6 Å². The highest BCUT2D eigenvalue weighted by molar-refractivity contribution is 6.38. The summed E-state index contributed by atoms with van der Waals surface area (Å²) in [6.45, 7) is 2.91. The molecule has 1 aliphatic rings. The molecule has 0 spiro atoms. The second-order valence-electron chi connectivity index (χ2n) is 9.82. The molecular formula is C33H30ClN3O3. The summed E-state index contributed by atoms with van der Waals surface area (Å²) in [6.07, 6.45) is 0.502. The molecule has 0 aromatic heterocycles. The Morgan fingerprint density at radius 1 is 0.925 bits per heavy atom. The zero-order valence-electron chi connectivity index (χ0n) is 22.1. The van der Waals surface area contributed by atoms with Crippen molar-refractivity contribution in [1.29, 1.82) is 0 Å². The summed E-state index contributed by atoms with van der Waals surface area (Å²) in [5, 5.41) is 19.5. The number of carboxylic acids is 1. The van der Waals surface area contributed by atoms with E-state index < -0.39 is 5.97 Å². The molecule has 6 nitrogen and oxygen atoms in total. The summed E-state index contributed by atoms with van der Waals surface area (Å²) in [4.78, 5) is 24.2. The fourth-order valence-corrected chi connectivity index (χ4v) is 4.92. The predicted octanol–water partition coefficient (Wildman–Crippen LogP) is 7.14. The molecule has 1 aliphatic heterocycles. The Morgan fingerprint density at radius 2 is 1.65 bits per heavy atom. The number of carbonyl (C=O) groups is 2. The van der Waals surface area contributed by atoms with Crippen LogP contribution in [-0.4, -0.2) is 17.0 Å². The van der Waals surface area contributed by atoms with Crippen LogP contribution in [0.4, 0.5) is 11.4 Å². The van der Waals surface area contributed by atoms with Gasteiger partial charge in [0.25, 0.3) is 5.91 Å². The molecule has 202 valence electrons. The molecule has 1 atom stereocenters. The Labute approximate surface area is 238 Å². The van der Waals surface area contributed by atoms with Crippen LogP contribution in [0.25, 0.3) is 11.3 Å². The first-order valence-electron chi connectivity index (χ1n) is 13.2. The molecule has 4 aromatic carbocycles. The van der Waals surface area contributed by atoms with Gasteiger partial charge in [-0.2, -0.15) is 0 Å². The summed E-state index contributed by atoms with van der Waals surface area (Å²) in [6, 6.07) is 31.6. The molecule has 0 saturated carbocycles. The molecular weight excluding hydrogens is 522 g/mol. The van der Waals surface area contributed by atoms with Gasteiger partial charge >= 0.3 is 5.97 Å². The first kappa shape index (κ1) is 27.2. The van der Waals surface area contributed by atoms with E-state index in [1.54, 1.807) is 12.1 Å². The van der Waals surface area contributed by atoms with Gasteiger partial charge in [0.1, 0.15) is 0 Å². The van der Waals surface area contributed by atoms with E-state index in [9.17, 15) is 9.59 Å². The van der Waals surface area contributed by atoms with Crippen LogP contribution < -0.4 is 16.0 Å². The lowest BCUT2D eigenvalue weighted by atomic mass is 9.98.